The first-order chi connectivity index (χ1) is 10.4. The lowest BCUT2D eigenvalue weighted by Gasteiger charge is -2.41. The van der Waals surface area contributed by atoms with Gasteiger partial charge in [0.25, 0.3) is 0 Å². The van der Waals surface area contributed by atoms with Crippen molar-refractivity contribution in [3.63, 3.8) is 0 Å². The van der Waals surface area contributed by atoms with Crippen molar-refractivity contribution in [2.45, 2.75) is 13.3 Å². The molecule has 1 fully saturated rings. The normalized spacial score (nSPS) is 21.2. The summed E-state index contributed by atoms with van der Waals surface area (Å²) in [5.74, 6) is -0.683. The van der Waals surface area contributed by atoms with Crippen LogP contribution < -0.4 is 14.5 Å². The molecule has 0 saturated carbocycles. The topological polar surface area (TPSA) is 96.3 Å². The van der Waals surface area contributed by atoms with Crippen LogP contribution in [-0.2, 0) is 0 Å². The van der Waals surface area contributed by atoms with E-state index in [1.807, 2.05) is 6.92 Å². The van der Waals surface area contributed by atoms with E-state index in [1.165, 1.54) is 6.07 Å². The fourth-order valence-electron chi connectivity index (χ4n) is 3.06. The number of carboxylic acids is 1. The van der Waals surface area contributed by atoms with E-state index in [1.54, 1.807) is 10.4 Å². The average Bonchev–Trinajstić information content (AvgIpc) is 2.84. The molecular formula is C14H21N3O4S. The summed E-state index contributed by atoms with van der Waals surface area (Å²) in [4.78, 5) is 13.5. The van der Waals surface area contributed by atoms with Gasteiger partial charge in [-0.05, 0) is 25.5 Å². The maximum atomic E-state index is 11.4. The van der Waals surface area contributed by atoms with Crippen LogP contribution in [0.5, 0.6) is 0 Å². The second-order valence-corrected chi connectivity index (χ2v) is 7.61. The van der Waals surface area contributed by atoms with Crippen LogP contribution in [0, 0.1) is 0 Å². The van der Waals surface area contributed by atoms with Crippen molar-refractivity contribution in [1.82, 2.24) is 0 Å². The van der Waals surface area contributed by atoms with Gasteiger partial charge in [-0.3, -0.25) is 13.4 Å². The van der Waals surface area contributed by atoms with E-state index < -0.39 is 16.7 Å². The molecule has 122 valence electrons. The van der Waals surface area contributed by atoms with Gasteiger partial charge in [-0.25, -0.2) is 4.79 Å². The number of fused-ring (bicyclic) bond motifs is 1. The van der Waals surface area contributed by atoms with Crippen LogP contribution in [0.1, 0.15) is 23.7 Å². The zero-order valence-corrected chi connectivity index (χ0v) is 13.3. The van der Waals surface area contributed by atoms with Crippen molar-refractivity contribution in [2.75, 3.05) is 46.5 Å². The number of carboxylic acid groups (broad SMARTS) is 1. The summed E-state index contributed by atoms with van der Waals surface area (Å²) in [6.45, 7) is 4.85. The predicted octanol–water partition coefficient (Wildman–Crippen LogP) is 2.51. The number of benzene rings is 1. The fourth-order valence-corrected chi connectivity index (χ4v) is 4.68. The van der Waals surface area contributed by atoms with E-state index in [9.17, 15) is 19.0 Å². The highest BCUT2D eigenvalue weighted by atomic mass is 32.3. The second-order valence-electron chi connectivity index (χ2n) is 5.49. The lowest BCUT2D eigenvalue weighted by Crippen LogP contribution is -2.35. The third-order valence-corrected chi connectivity index (χ3v) is 6.07. The molecule has 2 heterocycles. The number of likely N-dealkylation sites (N-methyl/N-ethyl adjacent to an activating group) is 1. The summed E-state index contributed by atoms with van der Waals surface area (Å²) < 4.78 is 22.0. The van der Waals surface area contributed by atoms with Crippen molar-refractivity contribution in [2.24, 2.45) is 0 Å². The molecule has 0 amide bonds. The minimum Gasteiger partial charge on any atom is -0.478 e. The third-order valence-electron chi connectivity index (χ3n) is 4.15. The van der Waals surface area contributed by atoms with Gasteiger partial charge in [-0.2, -0.15) is 0 Å². The van der Waals surface area contributed by atoms with Crippen LogP contribution in [0.4, 0.5) is 17.1 Å². The average molecular weight is 327 g/mol. The molecule has 0 bridgehead atoms. The van der Waals surface area contributed by atoms with Gasteiger partial charge in [-0.15, -0.1) is 10.8 Å². The van der Waals surface area contributed by atoms with Crippen LogP contribution in [0.2, 0.25) is 0 Å². The Morgan fingerprint density at radius 2 is 2.05 bits per heavy atom. The molecule has 1 saturated heterocycles. The number of nitrogens with one attached hydrogen (secondary N) is 1. The zero-order chi connectivity index (χ0) is 15.9. The second kappa shape index (κ2) is 5.53. The molecule has 0 radical (unpaired) electrons. The summed E-state index contributed by atoms with van der Waals surface area (Å²) in [5.41, 5.74) is 2.34. The van der Waals surface area contributed by atoms with Crippen molar-refractivity contribution < 1.29 is 19.0 Å². The van der Waals surface area contributed by atoms with Gasteiger partial charge in [0.05, 0.1) is 28.4 Å². The largest absolute Gasteiger partial charge is 0.478 e. The summed E-state index contributed by atoms with van der Waals surface area (Å²) >= 11 is 0. The quantitative estimate of drug-likeness (QED) is 0.677. The van der Waals surface area contributed by atoms with E-state index in [-0.39, 0.29) is 5.56 Å². The van der Waals surface area contributed by atoms with Crippen LogP contribution in [0.3, 0.4) is 0 Å². The van der Waals surface area contributed by atoms with Crippen LogP contribution in [-0.4, -0.2) is 52.1 Å². The number of carbonyl (C=O) groups is 1. The molecule has 0 atom stereocenters. The van der Waals surface area contributed by atoms with Crippen molar-refractivity contribution >= 4 is 33.8 Å². The minimum absolute atomic E-state index is 0.165. The van der Waals surface area contributed by atoms with E-state index >= 15 is 0 Å². The highest BCUT2D eigenvalue weighted by molar-refractivity contribution is 8.25. The molecule has 2 aliphatic heterocycles. The first kappa shape index (κ1) is 15.3. The number of aromatic carboxylic acids is 1. The fraction of sp³-hybridized carbons (Fsp3) is 0.500. The van der Waals surface area contributed by atoms with Crippen molar-refractivity contribution in [1.29, 1.82) is 0 Å². The highest BCUT2D eigenvalue weighted by Crippen LogP contribution is 2.54. The molecule has 0 unspecified atom stereocenters. The molecule has 1 aromatic rings. The first-order valence-corrected chi connectivity index (χ1v) is 9.05. The van der Waals surface area contributed by atoms with E-state index in [2.05, 4.69) is 10.2 Å². The van der Waals surface area contributed by atoms with Gasteiger partial charge in [0.1, 0.15) is 0 Å². The summed E-state index contributed by atoms with van der Waals surface area (Å²) in [6, 6.07) is 3.19. The predicted molar refractivity (Wildman–Crippen MR) is 89.5 cm³/mol. The third kappa shape index (κ3) is 2.47. The summed E-state index contributed by atoms with van der Waals surface area (Å²) in [5, 5.41) is 12.7. The van der Waals surface area contributed by atoms with Crippen LogP contribution in [0.15, 0.2) is 12.1 Å². The minimum atomic E-state index is -2.86. The van der Waals surface area contributed by atoms with E-state index in [4.69, 9.17) is 0 Å². The lowest BCUT2D eigenvalue weighted by molar-refractivity contribution is 0.0697. The Balaban J connectivity index is 2.16. The van der Waals surface area contributed by atoms with Crippen LogP contribution >= 0.6 is 10.8 Å². The molecular weight excluding hydrogens is 306 g/mol. The van der Waals surface area contributed by atoms with Gasteiger partial charge in [-0.1, -0.05) is 0 Å². The number of rotatable bonds is 3. The van der Waals surface area contributed by atoms with Gasteiger partial charge in [0.15, 0.2) is 0 Å². The molecule has 0 aliphatic carbocycles. The SMILES string of the molecule is CCN1CCNc2c1cc(C(=O)O)cc2N1CCCS1(O)O. The molecule has 7 nitrogen and oxygen atoms in total. The maximum absolute atomic E-state index is 11.4. The number of anilines is 3. The summed E-state index contributed by atoms with van der Waals surface area (Å²) in [7, 11) is -2.86. The Morgan fingerprint density at radius 1 is 1.32 bits per heavy atom. The Kier molecular flexibility index (Phi) is 3.84. The monoisotopic (exact) mass is 327 g/mol. The maximum Gasteiger partial charge on any atom is 0.335 e. The zero-order valence-electron chi connectivity index (χ0n) is 12.4. The van der Waals surface area contributed by atoms with Gasteiger partial charge < -0.3 is 15.3 Å². The van der Waals surface area contributed by atoms with Crippen molar-refractivity contribution in [3.8, 4) is 0 Å². The number of hydrogen-bond acceptors (Lipinski definition) is 6. The Hall–Kier alpha value is -1.64. The Morgan fingerprint density at radius 3 is 2.64 bits per heavy atom. The molecule has 22 heavy (non-hydrogen) atoms. The van der Waals surface area contributed by atoms with Gasteiger partial charge in [0, 0.05) is 26.2 Å². The highest BCUT2D eigenvalue weighted by Gasteiger charge is 2.33. The Labute approximate surface area is 131 Å². The molecule has 1 aromatic carbocycles. The standard InChI is InChI=1S/C14H21N3O4S/c1-2-16-6-4-15-13-11(16)8-10(14(18)19)9-12(13)17-5-3-7-22(17,20)21/h8-9,15,20-21H,2-7H2,1H3,(H,18,19). The molecule has 8 heteroatoms. The lowest BCUT2D eigenvalue weighted by atomic mass is 10.1. The van der Waals surface area contributed by atoms with E-state index in [0.717, 1.165) is 31.0 Å². The van der Waals surface area contributed by atoms with Crippen molar-refractivity contribution in [3.05, 3.63) is 17.7 Å². The van der Waals surface area contributed by atoms with E-state index in [0.29, 0.717) is 24.4 Å². The smallest absolute Gasteiger partial charge is 0.335 e. The molecule has 4 N–H and O–H groups in total. The van der Waals surface area contributed by atoms with Gasteiger partial charge >= 0.3 is 5.97 Å². The molecule has 0 aromatic heterocycles. The Bertz CT molecular complexity index is 608. The molecule has 2 aliphatic rings. The van der Waals surface area contributed by atoms with Gasteiger partial charge in [0.2, 0.25) is 0 Å². The number of nitrogens with zero attached hydrogens (tertiary/aromatic N) is 2. The molecule has 0 spiro atoms. The first-order valence-electron chi connectivity index (χ1n) is 7.38. The molecule has 3 rings (SSSR count). The summed E-state index contributed by atoms with van der Waals surface area (Å²) in [6.07, 6.45) is 0.686. The van der Waals surface area contributed by atoms with Crippen LogP contribution in [0.25, 0.3) is 0 Å². The number of hydrogen-bond donors (Lipinski definition) is 4.